The van der Waals surface area contributed by atoms with Gasteiger partial charge in [0, 0.05) is 11.6 Å². The van der Waals surface area contributed by atoms with E-state index in [-0.39, 0.29) is 26.6 Å². The van der Waals surface area contributed by atoms with Crippen LogP contribution in [0.15, 0.2) is 12.1 Å². The number of benzene rings is 1. The van der Waals surface area contributed by atoms with Crippen LogP contribution in [0.1, 0.15) is 5.56 Å². The number of halogens is 3. The molecule has 0 aromatic heterocycles. The van der Waals surface area contributed by atoms with E-state index in [1.54, 1.807) is 6.07 Å². The average Bonchev–Trinajstić information content (AvgIpc) is 2.83. The molecular formula is C12H13F3O5. The lowest BCUT2D eigenvalue weighted by Gasteiger charge is -2.12. The normalized spacial score (nSPS) is 13.6. The molecule has 0 atom stereocenters. The number of aliphatic hydroxyl groups excluding tert-OH is 1. The standard InChI is InChI=1S/C12H13F3O5/c13-12(14,15)6-17-1-2-18-9-4-11-10(19-7-20-11)3-8(9)5-16/h3-4,16H,1-2,5-7H2. The van der Waals surface area contributed by atoms with Crippen LogP contribution < -0.4 is 14.2 Å². The second-order valence-corrected chi connectivity index (χ2v) is 3.99. The summed E-state index contributed by atoms with van der Waals surface area (Å²) in [4.78, 5) is 0. The summed E-state index contributed by atoms with van der Waals surface area (Å²) < 4.78 is 55.5. The van der Waals surface area contributed by atoms with Crippen LogP contribution in [0.5, 0.6) is 17.2 Å². The zero-order chi connectivity index (χ0) is 14.6. The maximum Gasteiger partial charge on any atom is 0.411 e. The molecule has 0 fully saturated rings. The highest BCUT2D eigenvalue weighted by Gasteiger charge is 2.27. The summed E-state index contributed by atoms with van der Waals surface area (Å²) in [5, 5.41) is 9.20. The Morgan fingerprint density at radius 2 is 1.85 bits per heavy atom. The third-order valence-corrected chi connectivity index (χ3v) is 2.48. The third-order valence-electron chi connectivity index (χ3n) is 2.48. The molecule has 0 spiro atoms. The minimum atomic E-state index is -4.35. The van der Waals surface area contributed by atoms with Gasteiger partial charge in [-0.15, -0.1) is 0 Å². The van der Waals surface area contributed by atoms with Gasteiger partial charge in [0.15, 0.2) is 11.5 Å². The highest BCUT2D eigenvalue weighted by molar-refractivity contribution is 5.51. The predicted molar refractivity (Wildman–Crippen MR) is 60.9 cm³/mol. The summed E-state index contributed by atoms with van der Waals surface area (Å²) in [5.74, 6) is 1.29. The first-order chi connectivity index (χ1) is 9.49. The van der Waals surface area contributed by atoms with Crippen LogP contribution in [-0.2, 0) is 11.3 Å². The molecule has 1 aliphatic heterocycles. The van der Waals surface area contributed by atoms with Crippen molar-refractivity contribution in [2.24, 2.45) is 0 Å². The molecule has 0 saturated carbocycles. The summed E-state index contributed by atoms with van der Waals surface area (Å²) in [7, 11) is 0. The Morgan fingerprint density at radius 1 is 1.15 bits per heavy atom. The fourth-order valence-corrected chi connectivity index (χ4v) is 1.62. The van der Waals surface area contributed by atoms with E-state index in [9.17, 15) is 18.3 Å². The summed E-state index contributed by atoms with van der Waals surface area (Å²) in [6.45, 7) is -1.79. The van der Waals surface area contributed by atoms with E-state index < -0.39 is 12.8 Å². The van der Waals surface area contributed by atoms with Gasteiger partial charge in [0.1, 0.15) is 19.0 Å². The Morgan fingerprint density at radius 3 is 2.50 bits per heavy atom. The van der Waals surface area contributed by atoms with Crippen LogP contribution in [0.25, 0.3) is 0 Å². The van der Waals surface area contributed by atoms with Gasteiger partial charge >= 0.3 is 6.18 Å². The second-order valence-electron chi connectivity index (χ2n) is 3.99. The molecule has 1 N–H and O–H groups in total. The predicted octanol–water partition coefficient (Wildman–Crippen LogP) is 1.87. The third kappa shape index (κ3) is 3.91. The molecule has 2 rings (SSSR count). The zero-order valence-electron chi connectivity index (χ0n) is 10.4. The van der Waals surface area contributed by atoms with Crippen molar-refractivity contribution in [2.45, 2.75) is 12.8 Å². The van der Waals surface area contributed by atoms with Crippen molar-refractivity contribution < 1.29 is 37.2 Å². The first kappa shape index (κ1) is 14.7. The summed E-state index contributed by atoms with van der Waals surface area (Å²) >= 11 is 0. The fourth-order valence-electron chi connectivity index (χ4n) is 1.62. The number of alkyl halides is 3. The van der Waals surface area contributed by atoms with Gasteiger partial charge in [-0.25, -0.2) is 0 Å². The molecule has 112 valence electrons. The Hall–Kier alpha value is -1.67. The van der Waals surface area contributed by atoms with Crippen LogP contribution in [-0.4, -0.2) is 37.9 Å². The van der Waals surface area contributed by atoms with Crippen molar-refractivity contribution >= 4 is 0 Å². The SMILES string of the molecule is OCc1cc2c(cc1OCCOCC(F)(F)F)OCO2. The van der Waals surface area contributed by atoms with Crippen molar-refractivity contribution in [1.29, 1.82) is 0 Å². The molecule has 1 aromatic rings. The van der Waals surface area contributed by atoms with Crippen LogP contribution in [0, 0.1) is 0 Å². The van der Waals surface area contributed by atoms with Gasteiger partial charge in [0.05, 0.1) is 13.2 Å². The number of rotatable bonds is 6. The van der Waals surface area contributed by atoms with Gasteiger partial charge < -0.3 is 24.1 Å². The minimum absolute atomic E-state index is 0.0667. The topological polar surface area (TPSA) is 57.2 Å². The molecule has 1 aliphatic rings. The largest absolute Gasteiger partial charge is 0.491 e. The van der Waals surface area contributed by atoms with Gasteiger partial charge in [0.2, 0.25) is 6.79 Å². The van der Waals surface area contributed by atoms with Crippen LogP contribution in [0.2, 0.25) is 0 Å². The fraction of sp³-hybridized carbons (Fsp3) is 0.500. The van der Waals surface area contributed by atoms with E-state index in [1.165, 1.54) is 6.07 Å². The van der Waals surface area contributed by atoms with Gasteiger partial charge in [0.25, 0.3) is 0 Å². The molecule has 0 bridgehead atoms. The maximum atomic E-state index is 11.8. The van der Waals surface area contributed by atoms with Crippen molar-refractivity contribution in [3.8, 4) is 17.2 Å². The van der Waals surface area contributed by atoms with Crippen molar-refractivity contribution in [3.05, 3.63) is 17.7 Å². The summed E-state index contributed by atoms with van der Waals surface area (Å²) in [6, 6.07) is 3.09. The summed E-state index contributed by atoms with van der Waals surface area (Å²) in [6.07, 6.45) is -4.35. The molecular weight excluding hydrogens is 281 g/mol. The van der Waals surface area contributed by atoms with Gasteiger partial charge in [-0.3, -0.25) is 0 Å². The van der Waals surface area contributed by atoms with Gasteiger partial charge in [-0.05, 0) is 6.07 Å². The number of aliphatic hydroxyl groups is 1. The maximum absolute atomic E-state index is 11.8. The van der Waals surface area contributed by atoms with Crippen molar-refractivity contribution in [2.75, 3.05) is 26.6 Å². The zero-order valence-corrected chi connectivity index (χ0v) is 10.4. The minimum Gasteiger partial charge on any atom is -0.491 e. The summed E-state index contributed by atoms with van der Waals surface area (Å²) in [5.41, 5.74) is 0.463. The molecule has 0 radical (unpaired) electrons. The molecule has 0 aliphatic carbocycles. The lowest BCUT2D eigenvalue weighted by Crippen LogP contribution is -2.19. The molecule has 1 aromatic carbocycles. The van der Waals surface area contributed by atoms with Crippen molar-refractivity contribution in [3.63, 3.8) is 0 Å². The van der Waals surface area contributed by atoms with Crippen LogP contribution in [0.3, 0.4) is 0 Å². The smallest absolute Gasteiger partial charge is 0.411 e. The number of hydrogen-bond donors (Lipinski definition) is 1. The lowest BCUT2D eigenvalue weighted by atomic mass is 10.2. The molecule has 20 heavy (non-hydrogen) atoms. The van der Waals surface area contributed by atoms with E-state index in [2.05, 4.69) is 4.74 Å². The highest BCUT2D eigenvalue weighted by atomic mass is 19.4. The highest BCUT2D eigenvalue weighted by Crippen LogP contribution is 2.38. The number of ether oxygens (including phenoxy) is 4. The monoisotopic (exact) mass is 294 g/mol. The Kier molecular flexibility index (Phi) is 4.56. The average molecular weight is 294 g/mol. The Bertz CT molecular complexity index is 461. The first-order valence-electron chi connectivity index (χ1n) is 5.80. The van der Waals surface area contributed by atoms with Gasteiger partial charge in [-0.1, -0.05) is 0 Å². The molecule has 0 amide bonds. The van der Waals surface area contributed by atoms with Crippen LogP contribution >= 0.6 is 0 Å². The molecule has 5 nitrogen and oxygen atoms in total. The van der Waals surface area contributed by atoms with Crippen molar-refractivity contribution in [1.82, 2.24) is 0 Å². The quantitative estimate of drug-likeness (QED) is 0.812. The van der Waals surface area contributed by atoms with Gasteiger partial charge in [-0.2, -0.15) is 13.2 Å². The second kappa shape index (κ2) is 6.19. The lowest BCUT2D eigenvalue weighted by molar-refractivity contribution is -0.175. The first-order valence-corrected chi connectivity index (χ1v) is 5.80. The van der Waals surface area contributed by atoms with E-state index >= 15 is 0 Å². The van der Waals surface area contributed by atoms with Crippen LogP contribution in [0.4, 0.5) is 13.2 Å². The molecule has 0 unspecified atom stereocenters. The van der Waals surface area contributed by atoms with E-state index in [0.717, 1.165) is 0 Å². The molecule has 8 heteroatoms. The van der Waals surface area contributed by atoms with E-state index in [0.29, 0.717) is 22.8 Å². The van der Waals surface area contributed by atoms with E-state index in [1.807, 2.05) is 0 Å². The molecule has 1 heterocycles. The Labute approximate surface area is 112 Å². The number of fused-ring (bicyclic) bond motifs is 1. The van der Waals surface area contributed by atoms with E-state index in [4.69, 9.17) is 14.2 Å². The number of hydrogen-bond acceptors (Lipinski definition) is 5. The Balaban J connectivity index is 1.86. The molecule has 0 saturated heterocycles.